The van der Waals surface area contributed by atoms with E-state index in [1.165, 1.54) is 24.1 Å². The second-order valence-corrected chi connectivity index (χ2v) is 15.9. The van der Waals surface area contributed by atoms with E-state index in [0.717, 1.165) is 73.4 Å². The minimum Gasteiger partial charge on any atom is -0.381 e. The van der Waals surface area contributed by atoms with Crippen molar-refractivity contribution < 1.29 is 24.9 Å². The molecular formula is C49H52FN3O4. The molecule has 5 aromatic rings. The number of ether oxygens (including phenoxy) is 1. The quantitative estimate of drug-likeness (QED) is 0.174. The maximum Gasteiger partial charge on any atom is 0.258 e. The summed E-state index contributed by atoms with van der Waals surface area (Å²) in [6, 6.07) is 29.4. The monoisotopic (exact) mass is 765 g/mol. The summed E-state index contributed by atoms with van der Waals surface area (Å²) in [5.74, 6) is -0.823. The zero-order valence-electron chi connectivity index (χ0n) is 33.2. The van der Waals surface area contributed by atoms with Crippen LogP contribution in [0.3, 0.4) is 0 Å². The van der Waals surface area contributed by atoms with Gasteiger partial charge in [-0.2, -0.15) is 0 Å². The van der Waals surface area contributed by atoms with Gasteiger partial charge < -0.3 is 15.0 Å². The van der Waals surface area contributed by atoms with Crippen molar-refractivity contribution in [2.24, 2.45) is 5.41 Å². The Morgan fingerprint density at radius 1 is 0.842 bits per heavy atom. The number of pyridine rings is 1. The molecule has 8 rings (SSSR count). The number of aryl methyl sites for hydroxylation is 3. The number of hydrogen-bond acceptors (Lipinski definition) is 5. The molecule has 3 aliphatic rings. The summed E-state index contributed by atoms with van der Waals surface area (Å²) in [5.41, 5.74) is 9.43. The number of carbonyl (C=O) groups excluding carboxylic acids is 3. The minimum atomic E-state index is -0.464. The Hall–Kier alpha value is -5.73. The molecule has 2 aliphatic heterocycles. The lowest BCUT2D eigenvalue weighted by molar-refractivity contribution is 0.0174. The van der Waals surface area contributed by atoms with Crippen molar-refractivity contribution in [3.63, 3.8) is 0 Å². The number of ketones is 1. The van der Waals surface area contributed by atoms with Gasteiger partial charge in [-0.3, -0.25) is 19.4 Å². The summed E-state index contributed by atoms with van der Waals surface area (Å²) >= 11 is 0. The molecule has 1 spiro atoms. The molecule has 0 radical (unpaired) electrons. The molecule has 8 heteroatoms. The predicted octanol–water partition coefficient (Wildman–Crippen LogP) is 11.2. The van der Waals surface area contributed by atoms with Gasteiger partial charge in [0.15, 0.2) is 5.78 Å². The molecule has 0 bridgehead atoms. The predicted molar refractivity (Wildman–Crippen MR) is 227 cm³/mol. The number of hydrogen-bond donors (Lipinski definition) is 1. The van der Waals surface area contributed by atoms with Gasteiger partial charge in [-0.1, -0.05) is 65.7 Å². The maximum absolute atomic E-state index is 15.1. The molecule has 7 nitrogen and oxygen atoms in total. The van der Waals surface area contributed by atoms with Crippen LogP contribution in [0.5, 0.6) is 0 Å². The van der Waals surface area contributed by atoms with Crippen molar-refractivity contribution in [3.05, 3.63) is 159 Å². The van der Waals surface area contributed by atoms with Crippen LogP contribution in [-0.4, -0.2) is 42.3 Å². The van der Waals surface area contributed by atoms with Crippen LogP contribution >= 0.6 is 0 Å². The average molecular weight is 766 g/mol. The van der Waals surface area contributed by atoms with Gasteiger partial charge in [-0.25, -0.2) is 4.39 Å². The largest absolute Gasteiger partial charge is 0.381 e. The Balaban J connectivity index is 0.000000564. The van der Waals surface area contributed by atoms with Gasteiger partial charge in [0.05, 0.1) is 16.9 Å². The molecule has 1 aromatic heterocycles. The Bertz CT molecular complexity index is 2320. The van der Waals surface area contributed by atoms with E-state index in [4.69, 9.17) is 9.72 Å². The highest BCUT2D eigenvalue weighted by atomic mass is 19.1. The van der Waals surface area contributed by atoms with Gasteiger partial charge in [-0.05, 0) is 137 Å². The summed E-state index contributed by atoms with van der Waals surface area (Å²) in [6.07, 6.45) is 9.50. The first-order valence-electron chi connectivity index (χ1n) is 19.9. The van der Waals surface area contributed by atoms with Crippen molar-refractivity contribution in [1.82, 2.24) is 4.98 Å². The molecule has 2 fully saturated rings. The van der Waals surface area contributed by atoms with E-state index in [-0.39, 0.29) is 30.4 Å². The third-order valence-corrected chi connectivity index (χ3v) is 11.6. The van der Waals surface area contributed by atoms with Gasteiger partial charge in [0.2, 0.25) is 0 Å². The molecule has 2 amide bonds. The molecule has 1 N–H and O–H groups in total. The number of amides is 2. The lowest BCUT2D eigenvalue weighted by atomic mass is 9.77. The molecule has 4 aromatic carbocycles. The number of anilines is 2. The standard InChI is InChI=1S/C41H40FN3O4.C8H10.H2/c1-26-21-35(38(43-25-26)32-13-15-41(24-32)16-19-49-20-17-41)39(47)44-33-10-7-28(8-11-33)40(48)45-18-14-30(22-31-5-3-4-6-37(31)45)34-12-9-29(27(2)46)23-36(34)42;1-7-4-3-5-8(2)6-7;/h3-12,21-23,25,32H,13-20,24H2,1-2H3,(H,44,47);3-6H,1-2H3;1H. The minimum absolute atomic E-state index is 0. The maximum atomic E-state index is 15.1. The van der Waals surface area contributed by atoms with Gasteiger partial charge in [0, 0.05) is 55.7 Å². The molecule has 1 saturated heterocycles. The van der Waals surface area contributed by atoms with Crippen LogP contribution < -0.4 is 10.2 Å². The molecule has 3 heterocycles. The molecular weight excluding hydrogens is 714 g/mol. The summed E-state index contributed by atoms with van der Waals surface area (Å²) < 4.78 is 20.8. The first kappa shape index (κ1) is 39.5. The van der Waals surface area contributed by atoms with Crippen LogP contribution in [-0.2, 0) is 4.74 Å². The number of rotatable bonds is 6. The van der Waals surface area contributed by atoms with E-state index < -0.39 is 5.82 Å². The number of benzene rings is 4. The number of nitrogens with one attached hydrogen (secondary N) is 1. The fourth-order valence-corrected chi connectivity index (χ4v) is 8.53. The van der Waals surface area contributed by atoms with Crippen LogP contribution in [0.2, 0.25) is 0 Å². The highest BCUT2D eigenvalue weighted by Gasteiger charge is 2.42. The smallest absolute Gasteiger partial charge is 0.258 e. The third kappa shape index (κ3) is 9.13. The number of nitrogens with zero attached hydrogens (tertiary/aromatic N) is 2. The zero-order chi connectivity index (χ0) is 40.1. The highest BCUT2D eigenvalue weighted by molar-refractivity contribution is 6.09. The SMILES string of the molecule is CC(=O)c1ccc(C2=Cc3ccccc3N(C(=O)c3ccc(NC(=O)c4cc(C)cnc4C4CCC5(CCOCC5)C4)cc3)CC2)c(F)c1.Cc1cccc(C)c1.[HH]. The normalized spacial score (nSPS) is 17.1. The number of aromatic nitrogens is 1. The van der Waals surface area contributed by atoms with Crippen LogP contribution in [0.1, 0.15) is 117 Å². The van der Waals surface area contributed by atoms with E-state index in [9.17, 15) is 14.4 Å². The number of halogens is 1. The summed E-state index contributed by atoms with van der Waals surface area (Å²) in [4.78, 5) is 45.9. The van der Waals surface area contributed by atoms with Crippen molar-refractivity contribution in [2.45, 2.75) is 72.1 Å². The second-order valence-electron chi connectivity index (χ2n) is 15.9. The number of carbonyl (C=O) groups is 3. The molecule has 1 atom stereocenters. The molecule has 1 saturated carbocycles. The molecule has 1 aliphatic carbocycles. The van der Waals surface area contributed by atoms with Gasteiger partial charge >= 0.3 is 0 Å². The van der Waals surface area contributed by atoms with Crippen LogP contribution in [0.4, 0.5) is 15.8 Å². The van der Waals surface area contributed by atoms with Crippen molar-refractivity contribution in [1.29, 1.82) is 0 Å². The Kier molecular flexibility index (Phi) is 11.9. The third-order valence-electron chi connectivity index (χ3n) is 11.6. The Morgan fingerprint density at radius 2 is 1.56 bits per heavy atom. The molecule has 1 unspecified atom stereocenters. The van der Waals surface area contributed by atoms with E-state index in [1.54, 1.807) is 41.3 Å². The topological polar surface area (TPSA) is 88.6 Å². The average Bonchev–Trinajstić information content (AvgIpc) is 3.50. The number of para-hydroxylation sites is 1. The zero-order valence-corrected chi connectivity index (χ0v) is 33.2. The second kappa shape index (κ2) is 17.2. The Morgan fingerprint density at radius 3 is 2.25 bits per heavy atom. The van der Waals surface area contributed by atoms with Crippen LogP contribution in [0.15, 0.2) is 103 Å². The fraction of sp³-hybridized carbons (Fsp3) is 0.306. The Labute approximate surface area is 336 Å². The first-order chi connectivity index (χ1) is 27.5. The summed E-state index contributed by atoms with van der Waals surface area (Å²) in [6.45, 7) is 9.52. The van der Waals surface area contributed by atoms with Crippen molar-refractivity contribution in [3.8, 4) is 0 Å². The van der Waals surface area contributed by atoms with Gasteiger partial charge in [0.1, 0.15) is 5.82 Å². The first-order valence-corrected chi connectivity index (χ1v) is 19.9. The molecule has 57 heavy (non-hydrogen) atoms. The lowest BCUT2D eigenvalue weighted by Gasteiger charge is -2.33. The fourth-order valence-electron chi connectivity index (χ4n) is 8.53. The number of fused-ring (bicyclic) bond motifs is 1. The van der Waals surface area contributed by atoms with Crippen LogP contribution in [0.25, 0.3) is 11.6 Å². The van der Waals surface area contributed by atoms with Crippen LogP contribution in [0, 0.1) is 32.0 Å². The van der Waals surface area contributed by atoms with E-state index in [0.29, 0.717) is 40.9 Å². The van der Waals surface area contributed by atoms with E-state index in [1.807, 2.05) is 49.5 Å². The van der Waals surface area contributed by atoms with Gasteiger partial charge in [0.25, 0.3) is 11.8 Å². The van der Waals surface area contributed by atoms with E-state index >= 15 is 4.39 Å². The van der Waals surface area contributed by atoms with Crippen molar-refractivity contribution in [2.75, 3.05) is 30.0 Å². The van der Waals surface area contributed by atoms with Crippen molar-refractivity contribution >= 4 is 40.6 Å². The van der Waals surface area contributed by atoms with E-state index in [2.05, 4.69) is 43.4 Å². The lowest BCUT2D eigenvalue weighted by Crippen LogP contribution is -2.32. The number of Topliss-reactive ketones (excluding diaryl/α,β-unsaturated/α-hetero) is 1. The highest BCUT2D eigenvalue weighted by Crippen LogP contribution is 2.52. The summed E-state index contributed by atoms with van der Waals surface area (Å²) in [5, 5.41) is 3.04. The molecule has 294 valence electrons. The van der Waals surface area contributed by atoms with Gasteiger partial charge in [-0.15, -0.1) is 0 Å². The summed E-state index contributed by atoms with van der Waals surface area (Å²) in [7, 11) is 0.